The Morgan fingerprint density at radius 2 is 2.04 bits per heavy atom. The summed E-state index contributed by atoms with van der Waals surface area (Å²) < 4.78 is 15.7. The van der Waals surface area contributed by atoms with E-state index in [0.29, 0.717) is 24.6 Å². The van der Waals surface area contributed by atoms with E-state index in [1.54, 1.807) is 12.1 Å². The smallest absolute Gasteiger partial charge is 0.194 e. The van der Waals surface area contributed by atoms with Crippen LogP contribution in [0.5, 0.6) is 0 Å². The van der Waals surface area contributed by atoms with Gasteiger partial charge < -0.3 is 10.2 Å². The van der Waals surface area contributed by atoms with Gasteiger partial charge in [0.25, 0.3) is 0 Å². The number of halogens is 1. The van der Waals surface area contributed by atoms with Crippen molar-refractivity contribution in [2.75, 3.05) is 13.6 Å². The summed E-state index contributed by atoms with van der Waals surface area (Å²) in [6, 6.07) is 6.75. The van der Waals surface area contributed by atoms with Crippen LogP contribution >= 0.6 is 0 Å². The molecule has 1 aromatic heterocycles. The van der Waals surface area contributed by atoms with Gasteiger partial charge in [-0.2, -0.15) is 5.10 Å². The molecule has 0 saturated heterocycles. The first-order chi connectivity index (χ1) is 11.9. The topological polar surface area (TPSA) is 45.5 Å². The third-order valence-corrected chi connectivity index (χ3v) is 3.95. The summed E-state index contributed by atoms with van der Waals surface area (Å²) in [6.07, 6.45) is 2.05. The molecule has 0 aliphatic rings. The van der Waals surface area contributed by atoms with Crippen molar-refractivity contribution in [3.05, 3.63) is 53.1 Å². The molecule has 0 bridgehead atoms. The summed E-state index contributed by atoms with van der Waals surface area (Å²) in [5, 5.41) is 7.83. The van der Waals surface area contributed by atoms with E-state index in [4.69, 9.17) is 0 Å². The quantitative estimate of drug-likeness (QED) is 0.645. The summed E-state index contributed by atoms with van der Waals surface area (Å²) >= 11 is 0. The van der Waals surface area contributed by atoms with Crippen LogP contribution in [0.3, 0.4) is 0 Å². The number of benzene rings is 1. The molecule has 0 aliphatic heterocycles. The fourth-order valence-electron chi connectivity index (χ4n) is 2.75. The van der Waals surface area contributed by atoms with Gasteiger partial charge in [-0.15, -0.1) is 0 Å². The number of aromatic nitrogens is 2. The van der Waals surface area contributed by atoms with Crippen LogP contribution in [0.15, 0.2) is 35.5 Å². The monoisotopic (exact) mass is 345 g/mol. The molecule has 0 saturated carbocycles. The predicted molar refractivity (Wildman–Crippen MR) is 100.0 cm³/mol. The number of aryl methyl sites for hydroxylation is 1. The van der Waals surface area contributed by atoms with Crippen LogP contribution in [0.4, 0.5) is 4.39 Å². The molecular weight excluding hydrogens is 317 g/mol. The summed E-state index contributed by atoms with van der Waals surface area (Å²) in [5.41, 5.74) is 2.87. The SMILES string of the molecule is CCNC(=NCc1ccccc1F)N(C)Cc1cn(C)nc1C(C)C. The first kappa shape index (κ1) is 19.0. The number of hydrogen-bond acceptors (Lipinski definition) is 2. The maximum Gasteiger partial charge on any atom is 0.194 e. The Bertz CT molecular complexity index is 720. The third kappa shape index (κ3) is 5.05. The molecule has 1 N–H and O–H groups in total. The zero-order chi connectivity index (χ0) is 18.4. The number of rotatable bonds is 6. The van der Waals surface area contributed by atoms with Crippen LogP contribution in [0.1, 0.15) is 43.5 Å². The lowest BCUT2D eigenvalue weighted by atomic mass is 10.1. The van der Waals surface area contributed by atoms with Gasteiger partial charge in [-0.1, -0.05) is 32.0 Å². The maximum atomic E-state index is 13.8. The molecule has 0 radical (unpaired) electrons. The first-order valence-electron chi connectivity index (χ1n) is 8.67. The molecule has 1 aromatic carbocycles. The second-order valence-electron chi connectivity index (χ2n) is 6.49. The summed E-state index contributed by atoms with van der Waals surface area (Å²) in [4.78, 5) is 6.64. The molecule has 0 spiro atoms. The Morgan fingerprint density at radius 3 is 2.68 bits per heavy atom. The molecular formula is C19H28FN5. The van der Waals surface area contributed by atoms with Gasteiger partial charge in [0.2, 0.25) is 0 Å². The van der Waals surface area contributed by atoms with Gasteiger partial charge in [0, 0.05) is 44.5 Å². The summed E-state index contributed by atoms with van der Waals surface area (Å²) in [7, 11) is 3.92. The second-order valence-corrected chi connectivity index (χ2v) is 6.49. The van der Waals surface area contributed by atoms with E-state index in [1.165, 1.54) is 11.6 Å². The molecule has 0 atom stereocenters. The van der Waals surface area contributed by atoms with Crippen LogP contribution < -0.4 is 5.32 Å². The van der Waals surface area contributed by atoms with Crippen molar-refractivity contribution in [1.29, 1.82) is 0 Å². The zero-order valence-corrected chi connectivity index (χ0v) is 15.8. The fraction of sp³-hybridized carbons (Fsp3) is 0.474. The van der Waals surface area contributed by atoms with E-state index >= 15 is 0 Å². The highest BCUT2D eigenvalue weighted by Crippen LogP contribution is 2.18. The minimum absolute atomic E-state index is 0.223. The van der Waals surface area contributed by atoms with Crippen molar-refractivity contribution >= 4 is 5.96 Å². The van der Waals surface area contributed by atoms with Gasteiger partial charge in [0.05, 0.1) is 12.2 Å². The Kier molecular flexibility index (Phi) is 6.56. The van der Waals surface area contributed by atoms with Crippen LogP contribution in [-0.2, 0) is 20.1 Å². The average Bonchev–Trinajstić information content (AvgIpc) is 2.93. The van der Waals surface area contributed by atoms with Gasteiger partial charge in [-0.05, 0) is 18.9 Å². The molecule has 25 heavy (non-hydrogen) atoms. The lowest BCUT2D eigenvalue weighted by molar-refractivity contribution is 0.473. The Hall–Kier alpha value is -2.37. The van der Waals surface area contributed by atoms with Gasteiger partial charge in [0.15, 0.2) is 5.96 Å². The van der Waals surface area contributed by atoms with Gasteiger partial charge in [-0.3, -0.25) is 4.68 Å². The third-order valence-electron chi connectivity index (χ3n) is 3.95. The van der Waals surface area contributed by atoms with E-state index in [-0.39, 0.29) is 5.82 Å². The highest BCUT2D eigenvalue weighted by Gasteiger charge is 2.15. The number of nitrogens with one attached hydrogen (secondary N) is 1. The first-order valence-corrected chi connectivity index (χ1v) is 8.67. The van der Waals surface area contributed by atoms with E-state index < -0.39 is 0 Å². The maximum absolute atomic E-state index is 13.8. The van der Waals surface area contributed by atoms with Crippen molar-refractivity contribution < 1.29 is 4.39 Å². The minimum atomic E-state index is -0.223. The zero-order valence-electron chi connectivity index (χ0n) is 15.8. The summed E-state index contributed by atoms with van der Waals surface area (Å²) in [6.45, 7) is 8.07. The van der Waals surface area contributed by atoms with Crippen LogP contribution in [0.25, 0.3) is 0 Å². The van der Waals surface area contributed by atoms with Crippen LogP contribution in [-0.4, -0.2) is 34.2 Å². The number of hydrogen-bond donors (Lipinski definition) is 1. The van der Waals surface area contributed by atoms with E-state index in [1.807, 2.05) is 42.9 Å². The molecule has 0 aliphatic carbocycles. The van der Waals surface area contributed by atoms with Crippen molar-refractivity contribution in [2.24, 2.45) is 12.0 Å². The largest absolute Gasteiger partial charge is 0.357 e. The molecule has 6 heteroatoms. The van der Waals surface area contributed by atoms with Crippen LogP contribution in [0.2, 0.25) is 0 Å². The Balaban J connectivity index is 2.16. The van der Waals surface area contributed by atoms with Crippen LogP contribution in [0, 0.1) is 5.82 Å². The van der Waals surface area contributed by atoms with E-state index in [0.717, 1.165) is 18.2 Å². The van der Waals surface area contributed by atoms with Crippen molar-refractivity contribution in [1.82, 2.24) is 20.0 Å². The molecule has 136 valence electrons. The number of aliphatic imine (C=N–C) groups is 1. The Morgan fingerprint density at radius 1 is 1.32 bits per heavy atom. The van der Waals surface area contributed by atoms with Crippen molar-refractivity contribution in [2.45, 2.75) is 39.8 Å². The standard InChI is InChI=1S/C19H28FN5/c1-6-21-19(22-11-15-9-7-8-10-17(15)20)24(4)12-16-13-25(5)23-18(16)14(2)3/h7-10,13-14H,6,11-12H2,1-5H3,(H,21,22). The highest BCUT2D eigenvalue weighted by molar-refractivity contribution is 5.79. The van der Waals surface area contributed by atoms with Gasteiger partial charge >= 0.3 is 0 Å². The fourth-order valence-corrected chi connectivity index (χ4v) is 2.75. The normalized spacial score (nSPS) is 11.9. The van der Waals surface area contributed by atoms with Gasteiger partial charge in [0.1, 0.15) is 5.82 Å². The number of guanidine groups is 1. The lowest BCUT2D eigenvalue weighted by Crippen LogP contribution is -2.38. The summed E-state index contributed by atoms with van der Waals surface area (Å²) in [5.74, 6) is 0.894. The molecule has 1 heterocycles. The molecule has 0 amide bonds. The molecule has 0 fully saturated rings. The molecule has 5 nitrogen and oxygen atoms in total. The minimum Gasteiger partial charge on any atom is -0.357 e. The average molecular weight is 345 g/mol. The van der Waals surface area contributed by atoms with Gasteiger partial charge in [-0.25, -0.2) is 9.38 Å². The molecule has 2 aromatic rings. The molecule has 2 rings (SSSR count). The van der Waals surface area contributed by atoms with Crippen molar-refractivity contribution in [3.8, 4) is 0 Å². The number of nitrogens with zero attached hydrogens (tertiary/aromatic N) is 4. The van der Waals surface area contributed by atoms with Crippen molar-refractivity contribution in [3.63, 3.8) is 0 Å². The Labute approximate surface area is 149 Å². The van der Waals surface area contributed by atoms with E-state index in [9.17, 15) is 4.39 Å². The highest BCUT2D eigenvalue weighted by atomic mass is 19.1. The van der Waals surface area contributed by atoms with E-state index in [2.05, 4.69) is 29.3 Å². The molecule has 0 unspecified atom stereocenters. The second kappa shape index (κ2) is 8.65. The predicted octanol–water partition coefficient (Wildman–Crippen LogP) is 3.28. The lowest BCUT2D eigenvalue weighted by Gasteiger charge is -2.22.